The zero-order valence-electron chi connectivity index (χ0n) is 11.8. The average Bonchev–Trinajstić information content (AvgIpc) is 2.77. The number of aromatic nitrogens is 1. The van der Waals surface area contributed by atoms with E-state index in [1.807, 2.05) is 26.8 Å². The largest absolute Gasteiger partial charge is 0.369 e. The predicted molar refractivity (Wildman–Crippen MR) is 68.2 cm³/mol. The van der Waals surface area contributed by atoms with Crippen LogP contribution in [-0.2, 0) is 16.1 Å². The van der Waals surface area contributed by atoms with Gasteiger partial charge >= 0.3 is 0 Å². The fraction of sp³-hybridized carbons (Fsp3) is 0.692. The second-order valence-electron chi connectivity index (χ2n) is 4.66. The van der Waals surface area contributed by atoms with Crippen LogP contribution in [0.15, 0.2) is 10.6 Å². The molecule has 1 rings (SSSR count). The van der Waals surface area contributed by atoms with Crippen molar-refractivity contribution in [2.75, 3.05) is 13.7 Å². The van der Waals surface area contributed by atoms with Crippen LogP contribution >= 0.6 is 0 Å². The van der Waals surface area contributed by atoms with Gasteiger partial charge in [0, 0.05) is 19.7 Å². The molecule has 0 aromatic carbocycles. The summed E-state index contributed by atoms with van der Waals surface area (Å²) in [7, 11) is 1.73. The fourth-order valence-electron chi connectivity index (χ4n) is 1.62. The van der Waals surface area contributed by atoms with E-state index in [2.05, 4.69) is 5.16 Å². The zero-order chi connectivity index (χ0) is 13.7. The van der Waals surface area contributed by atoms with Gasteiger partial charge < -0.3 is 14.2 Å². The van der Waals surface area contributed by atoms with Gasteiger partial charge in [-0.3, -0.25) is 4.79 Å². The van der Waals surface area contributed by atoms with Gasteiger partial charge in [0.25, 0.3) is 5.91 Å². The van der Waals surface area contributed by atoms with Crippen molar-refractivity contribution in [2.24, 2.45) is 0 Å². The highest BCUT2D eigenvalue weighted by atomic mass is 16.5. The van der Waals surface area contributed by atoms with Gasteiger partial charge in [-0.15, -0.1) is 0 Å². The summed E-state index contributed by atoms with van der Waals surface area (Å²) < 4.78 is 10.5. The van der Waals surface area contributed by atoms with E-state index in [1.54, 1.807) is 18.9 Å². The molecular weight excluding hydrogens is 232 g/mol. The predicted octanol–water partition coefficient (Wildman–Crippen LogP) is 2.18. The van der Waals surface area contributed by atoms with E-state index in [-0.39, 0.29) is 5.91 Å². The smallest absolute Gasteiger partial charge is 0.251 e. The summed E-state index contributed by atoms with van der Waals surface area (Å²) in [5.41, 5.74) is 0.906. The molecule has 0 fully saturated rings. The first-order valence-corrected chi connectivity index (χ1v) is 6.27. The number of likely N-dealkylation sites (N-methyl/N-ethyl adjacent to an activating group) is 1. The second kappa shape index (κ2) is 6.54. The molecule has 1 atom stereocenters. The minimum absolute atomic E-state index is 0.0562. The van der Waals surface area contributed by atoms with E-state index in [9.17, 15) is 4.79 Å². The first-order chi connectivity index (χ1) is 8.45. The Morgan fingerprint density at radius 3 is 2.67 bits per heavy atom. The van der Waals surface area contributed by atoms with Crippen molar-refractivity contribution in [1.29, 1.82) is 0 Å². The lowest BCUT2D eigenvalue weighted by Crippen LogP contribution is -2.35. The molecule has 102 valence electrons. The van der Waals surface area contributed by atoms with Gasteiger partial charge in [0.2, 0.25) is 0 Å². The van der Waals surface area contributed by atoms with Gasteiger partial charge in [-0.1, -0.05) is 19.0 Å². The molecule has 1 aromatic heterocycles. The summed E-state index contributed by atoms with van der Waals surface area (Å²) in [4.78, 5) is 13.5. The van der Waals surface area contributed by atoms with Crippen LogP contribution in [0.2, 0.25) is 0 Å². The summed E-state index contributed by atoms with van der Waals surface area (Å²) in [5.74, 6) is 0.962. The molecule has 1 amide bonds. The number of amides is 1. The summed E-state index contributed by atoms with van der Waals surface area (Å²) in [6.45, 7) is 8.66. The van der Waals surface area contributed by atoms with E-state index in [0.29, 0.717) is 24.8 Å². The Labute approximate surface area is 108 Å². The molecule has 0 aliphatic heterocycles. The zero-order valence-corrected chi connectivity index (χ0v) is 11.8. The molecule has 0 saturated carbocycles. The van der Waals surface area contributed by atoms with Crippen molar-refractivity contribution in [2.45, 2.75) is 46.3 Å². The van der Waals surface area contributed by atoms with Crippen LogP contribution in [0, 0.1) is 0 Å². The molecule has 0 N–H and O–H groups in total. The third-order valence-corrected chi connectivity index (χ3v) is 2.70. The lowest BCUT2D eigenvalue weighted by Gasteiger charge is -2.19. The van der Waals surface area contributed by atoms with E-state index >= 15 is 0 Å². The van der Waals surface area contributed by atoms with Gasteiger partial charge in [0.1, 0.15) is 6.10 Å². The van der Waals surface area contributed by atoms with Crippen molar-refractivity contribution in [1.82, 2.24) is 10.1 Å². The minimum Gasteiger partial charge on any atom is -0.369 e. The van der Waals surface area contributed by atoms with Crippen molar-refractivity contribution in [3.8, 4) is 0 Å². The van der Waals surface area contributed by atoms with Crippen LogP contribution in [-0.4, -0.2) is 35.7 Å². The Morgan fingerprint density at radius 2 is 2.17 bits per heavy atom. The van der Waals surface area contributed by atoms with Gasteiger partial charge in [-0.25, -0.2) is 0 Å². The SMILES string of the molecule is CCO[C@@H](C)C(=O)N(C)Cc1cc(C(C)C)no1. The van der Waals surface area contributed by atoms with E-state index in [4.69, 9.17) is 9.26 Å². The number of hydrogen-bond donors (Lipinski definition) is 0. The van der Waals surface area contributed by atoms with Crippen LogP contribution in [0.3, 0.4) is 0 Å². The van der Waals surface area contributed by atoms with Crippen molar-refractivity contribution < 1.29 is 14.1 Å². The lowest BCUT2D eigenvalue weighted by atomic mass is 10.1. The molecule has 0 bridgehead atoms. The highest BCUT2D eigenvalue weighted by Gasteiger charge is 2.19. The van der Waals surface area contributed by atoms with Crippen molar-refractivity contribution >= 4 is 5.91 Å². The Hall–Kier alpha value is -1.36. The van der Waals surface area contributed by atoms with Crippen LogP contribution < -0.4 is 0 Å². The Morgan fingerprint density at radius 1 is 1.50 bits per heavy atom. The van der Waals surface area contributed by atoms with Gasteiger partial charge in [-0.2, -0.15) is 0 Å². The summed E-state index contributed by atoms with van der Waals surface area (Å²) in [6.07, 6.45) is -0.424. The van der Waals surface area contributed by atoms with Crippen LogP contribution in [0.25, 0.3) is 0 Å². The highest BCUT2D eigenvalue weighted by molar-refractivity contribution is 5.80. The Balaban J connectivity index is 2.57. The van der Waals surface area contributed by atoms with E-state index < -0.39 is 6.10 Å². The summed E-state index contributed by atoms with van der Waals surface area (Å²) in [6, 6.07) is 1.89. The first-order valence-electron chi connectivity index (χ1n) is 6.27. The number of carbonyl (C=O) groups is 1. The summed E-state index contributed by atoms with van der Waals surface area (Å²) >= 11 is 0. The minimum atomic E-state index is -0.424. The van der Waals surface area contributed by atoms with Crippen LogP contribution in [0.5, 0.6) is 0 Å². The number of ether oxygens (including phenoxy) is 1. The molecule has 0 unspecified atom stereocenters. The van der Waals surface area contributed by atoms with Crippen molar-refractivity contribution in [3.63, 3.8) is 0 Å². The maximum absolute atomic E-state index is 11.9. The number of carbonyl (C=O) groups excluding carboxylic acids is 1. The first kappa shape index (κ1) is 14.7. The molecule has 18 heavy (non-hydrogen) atoms. The quantitative estimate of drug-likeness (QED) is 0.780. The van der Waals surface area contributed by atoms with Crippen LogP contribution in [0.4, 0.5) is 0 Å². The third-order valence-electron chi connectivity index (χ3n) is 2.70. The molecule has 5 heteroatoms. The van der Waals surface area contributed by atoms with E-state index in [0.717, 1.165) is 5.69 Å². The Kier molecular flexibility index (Phi) is 5.34. The molecule has 5 nitrogen and oxygen atoms in total. The number of hydrogen-bond acceptors (Lipinski definition) is 4. The normalized spacial score (nSPS) is 12.8. The number of nitrogens with zero attached hydrogens (tertiary/aromatic N) is 2. The molecule has 0 aliphatic rings. The second-order valence-corrected chi connectivity index (χ2v) is 4.66. The van der Waals surface area contributed by atoms with Crippen LogP contribution in [0.1, 0.15) is 45.1 Å². The topological polar surface area (TPSA) is 55.6 Å². The van der Waals surface area contributed by atoms with Crippen molar-refractivity contribution in [3.05, 3.63) is 17.5 Å². The van der Waals surface area contributed by atoms with Gasteiger partial charge in [0.15, 0.2) is 5.76 Å². The monoisotopic (exact) mass is 254 g/mol. The maximum atomic E-state index is 11.9. The molecule has 0 radical (unpaired) electrons. The fourth-order valence-corrected chi connectivity index (χ4v) is 1.62. The average molecular weight is 254 g/mol. The van der Waals surface area contributed by atoms with Gasteiger partial charge in [-0.05, 0) is 19.8 Å². The molecular formula is C13H22N2O3. The standard InChI is InChI=1S/C13H22N2O3/c1-6-17-10(4)13(16)15(5)8-11-7-12(9(2)3)14-18-11/h7,9-10H,6,8H2,1-5H3/t10-/m0/s1. The lowest BCUT2D eigenvalue weighted by molar-refractivity contribution is -0.141. The summed E-state index contributed by atoms with van der Waals surface area (Å²) in [5, 5.41) is 3.97. The molecule has 0 saturated heterocycles. The third kappa shape index (κ3) is 3.84. The van der Waals surface area contributed by atoms with E-state index in [1.165, 1.54) is 0 Å². The van der Waals surface area contributed by atoms with Gasteiger partial charge in [0.05, 0.1) is 12.2 Å². The molecule has 0 aliphatic carbocycles. The molecule has 1 aromatic rings. The molecule has 0 spiro atoms. The number of rotatable bonds is 6. The Bertz CT molecular complexity index is 387. The highest BCUT2D eigenvalue weighted by Crippen LogP contribution is 2.15. The maximum Gasteiger partial charge on any atom is 0.251 e. The molecule has 1 heterocycles.